The first-order valence-electron chi connectivity index (χ1n) is 8.47. The normalized spacial score (nSPS) is 13.3. The topological polar surface area (TPSA) is 141 Å². The van der Waals surface area contributed by atoms with Crippen LogP contribution in [0.25, 0.3) is 11.0 Å². The molecule has 2 amide bonds. The summed E-state index contributed by atoms with van der Waals surface area (Å²) in [7, 11) is 0. The van der Waals surface area contributed by atoms with Gasteiger partial charge in [-0.2, -0.15) is 0 Å². The Balaban J connectivity index is 1.86. The number of hydrogen-bond donors (Lipinski definition) is 3. The van der Waals surface area contributed by atoms with E-state index in [1.54, 1.807) is 19.2 Å². The molecule has 0 saturated heterocycles. The molecule has 0 aliphatic rings. The van der Waals surface area contributed by atoms with E-state index in [1.165, 1.54) is 24.5 Å². The van der Waals surface area contributed by atoms with Crippen molar-refractivity contribution in [3.05, 3.63) is 39.7 Å². The molecule has 9 nitrogen and oxygen atoms in total. The van der Waals surface area contributed by atoms with E-state index in [1.807, 2.05) is 6.92 Å². The average molecular weight is 404 g/mol. The first-order chi connectivity index (χ1) is 13.3. The molecule has 0 aliphatic heterocycles. The Morgan fingerprint density at radius 2 is 2.11 bits per heavy atom. The minimum atomic E-state index is -1.22. The van der Waals surface area contributed by atoms with Crippen molar-refractivity contribution >= 4 is 34.1 Å². The summed E-state index contributed by atoms with van der Waals surface area (Å²) in [5.74, 6) is -0.760. The van der Waals surface area contributed by atoms with Gasteiger partial charge in [-0.25, -0.2) is 9.97 Å². The zero-order valence-corrected chi connectivity index (χ0v) is 16.4. The van der Waals surface area contributed by atoms with Gasteiger partial charge in [0.2, 0.25) is 11.8 Å². The predicted molar refractivity (Wildman–Crippen MR) is 102 cm³/mol. The van der Waals surface area contributed by atoms with Gasteiger partial charge in [-0.15, -0.1) is 11.3 Å². The number of ether oxygens (including phenoxy) is 1. The van der Waals surface area contributed by atoms with Gasteiger partial charge in [0.15, 0.2) is 5.58 Å². The average Bonchev–Trinajstić information content (AvgIpc) is 3.18. The van der Waals surface area contributed by atoms with Crippen LogP contribution in [0.15, 0.2) is 22.9 Å². The molecule has 3 aromatic rings. The van der Waals surface area contributed by atoms with Crippen molar-refractivity contribution in [2.24, 2.45) is 5.73 Å². The third-order valence-electron chi connectivity index (χ3n) is 4.06. The molecule has 3 heterocycles. The van der Waals surface area contributed by atoms with Gasteiger partial charge in [-0.05, 0) is 20.8 Å². The smallest absolute Gasteiger partial charge is 0.256 e. The standard InChI is InChI=1S/C18H20N4O5S/c1-8(23)16(17(19)24)22-18(25)15-9(2)27-13-6-21-14(4-12(13)15)26-7-11-5-20-10(3)28-11/h4-6,8,16,23H,7H2,1-3H3,(H2,19,24)(H,22,25)/t8-,16+/m1/s1. The van der Waals surface area contributed by atoms with Crippen LogP contribution in [0.1, 0.15) is 32.9 Å². The highest BCUT2D eigenvalue weighted by molar-refractivity contribution is 7.11. The van der Waals surface area contributed by atoms with E-state index >= 15 is 0 Å². The molecule has 4 N–H and O–H groups in total. The summed E-state index contributed by atoms with van der Waals surface area (Å²) in [6.45, 7) is 5.20. The number of aliphatic hydroxyl groups excluding tert-OH is 1. The molecular formula is C18H20N4O5S. The molecule has 10 heteroatoms. The second kappa shape index (κ2) is 7.95. The van der Waals surface area contributed by atoms with E-state index in [2.05, 4.69) is 15.3 Å². The molecule has 0 saturated carbocycles. The molecular weight excluding hydrogens is 384 g/mol. The van der Waals surface area contributed by atoms with E-state index in [0.717, 1.165) is 9.88 Å². The van der Waals surface area contributed by atoms with Crippen LogP contribution in [0.5, 0.6) is 5.88 Å². The summed E-state index contributed by atoms with van der Waals surface area (Å²) in [5.41, 5.74) is 5.86. The van der Waals surface area contributed by atoms with Crippen molar-refractivity contribution in [2.75, 3.05) is 0 Å². The Hall–Kier alpha value is -2.98. The first kappa shape index (κ1) is 19.8. The van der Waals surface area contributed by atoms with Gasteiger partial charge in [0, 0.05) is 17.6 Å². The molecule has 0 fully saturated rings. The molecule has 0 unspecified atom stereocenters. The maximum Gasteiger partial charge on any atom is 0.256 e. The largest absolute Gasteiger partial charge is 0.472 e. The Bertz CT molecular complexity index is 1030. The van der Waals surface area contributed by atoms with Crippen molar-refractivity contribution in [3.8, 4) is 5.88 Å². The van der Waals surface area contributed by atoms with Crippen LogP contribution < -0.4 is 15.8 Å². The zero-order valence-electron chi connectivity index (χ0n) is 15.6. The monoisotopic (exact) mass is 404 g/mol. The summed E-state index contributed by atoms with van der Waals surface area (Å²) in [5, 5.41) is 13.5. The predicted octanol–water partition coefficient (Wildman–Crippen LogP) is 1.44. The number of amides is 2. The summed E-state index contributed by atoms with van der Waals surface area (Å²) in [4.78, 5) is 33.5. The second-order valence-electron chi connectivity index (χ2n) is 6.28. The summed E-state index contributed by atoms with van der Waals surface area (Å²) in [6.07, 6.45) is 2.06. The maximum atomic E-state index is 12.7. The quantitative estimate of drug-likeness (QED) is 0.541. The minimum Gasteiger partial charge on any atom is -0.472 e. The minimum absolute atomic E-state index is 0.225. The zero-order chi connectivity index (χ0) is 20.4. The molecule has 0 aromatic carbocycles. The Kier molecular flexibility index (Phi) is 5.61. The fourth-order valence-corrected chi connectivity index (χ4v) is 3.44. The molecule has 148 valence electrons. The molecule has 3 rings (SSSR count). The second-order valence-corrected chi connectivity index (χ2v) is 7.60. The van der Waals surface area contributed by atoms with Crippen molar-refractivity contribution in [3.63, 3.8) is 0 Å². The number of carbonyl (C=O) groups excluding carboxylic acids is 2. The number of pyridine rings is 1. The molecule has 0 bridgehead atoms. The van der Waals surface area contributed by atoms with Gasteiger partial charge < -0.3 is 25.3 Å². The summed E-state index contributed by atoms with van der Waals surface area (Å²) < 4.78 is 11.3. The number of carbonyl (C=O) groups is 2. The fraction of sp³-hybridized carbons (Fsp3) is 0.333. The van der Waals surface area contributed by atoms with Gasteiger partial charge in [-0.3, -0.25) is 9.59 Å². The number of aromatic nitrogens is 2. The van der Waals surface area contributed by atoms with E-state index in [4.69, 9.17) is 14.9 Å². The summed E-state index contributed by atoms with van der Waals surface area (Å²) in [6, 6.07) is 0.375. The van der Waals surface area contributed by atoms with Crippen LogP contribution in [0.4, 0.5) is 0 Å². The highest BCUT2D eigenvalue weighted by atomic mass is 32.1. The lowest BCUT2D eigenvalue weighted by atomic mass is 10.1. The number of primary amides is 1. The van der Waals surface area contributed by atoms with Crippen LogP contribution >= 0.6 is 11.3 Å². The van der Waals surface area contributed by atoms with Crippen LogP contribution in [0, 0.1) is 13.8 Å². The van der Waals surface area contributed by atoms with E-state index in [0.29, 0.717) is 29.2 Å². The van der Waals surface area contributed by atoms with Crippen molar-refractivity contribution in [1.29, 1.82) is 0 Å². The van der Waals surface area contributed by atoms with Crippen LogP contribution in [0.2, 0.25) is 0 Å². The van der Waals surface area contributed by atoms with E-state index < -0.39 is 24.0 Å². The number of thiazole rings is 1. The Labute approximate surface area is 164 Å². The first-order valence-corrected chi connectivity index (χ1v) is 9.29. The van der Waals surface area contributed by atoms with Crippen LogP contribution in [-0.4, -0.2) is 39.0 Å². The SMILES string of the molecule is Cc1ncc(COc2cc3c(C(=O)N[C@H](C(N)=O)[C@@H](C)O)c(C)oc3cn2)s1. The summed E-state index contributed by atoms with van der Waals surface area (Å²) >= 11 is 1.52. The number of aryl methyl sites for hydroxylation is 2. The number of furan rings is 1. The highest BCUT2D eigenvalue weighted by Gasteiger charge is 2.27. The third kappa shape index (κ3) is 4.12. The number of hydrogen-bond acceptors (Lipinski definition) is 8. The van der Waals surface area contributed by atoms with Gasteiger partial charge in [0.1, 0.15) is 18.4 Å². The number of fused-ring (bicyclic) bond motifs is 1. The van der Waals surface area contributed by atoms with Crippen molar-refractivity contribution in [1.82, 2.24) is 15.3 Å². The molecule has 0 aliphatic carbocycles. The molecule has 0 radical (unpaired) electrons. The molecule has 2 atom stereocenters. The van der Waals surface area contributed by atoms with E-state index in [9.17, 15) is 14.7 Å². The van der Waals surface area contributed by atoms with Crippen molar-refractivity contribution < 1.29 is 23.8 Å². The molecule has 3 aromatic heterocycles. The van der Waals surface area contributed by atoms with Crippen LogP contribution in [-0.2, 0) is 11.4 Å². The molecule has 28 heavy (non-hydrogen) atoms. The lowest BCUT2D eigenvalue weighted by molar-refractivity contribution is -0.122. The van der Waals surface area contributed by atoms with Gasteiger partial charge in [0.25, 0.3) is 5.91 Å². The Morgan fingerprint density at radius 1 is 1.36 bits per heavy atom. The fourth-order valence-electron chi connectivity index (χ4n) is 2.73. The number of aliphatic hydroxyl groups is 1. The van der Waals surface area contributed by atoms with Gasteiger partial charge >= 0.3 is 0 Å². The van der Waals surface area contributed by atoms with Crippen molar-refractivity contribution in [2.45, 2.75) is 39.5 Å². The Morgan fingerprint density at radius 3 is 2.71 bits per heavy atom. The maximum absolute atomic E-state index is 12.7. The lowest BCUT2D eigenvalue weighted by Crippen LogP contribution is -2.50. The van der Waals surface area contributed by atoms with Gasteiger partial charge in [-0.1, -0.05) is 0 Å². The number of nitrogens with one attached hydrogen (secondary N) is 1. The number of nitrogens with zero attached hydrogens (tertiary/aromatic N) is 2. The van der Waals surface area contributed by atoms with Crippen LogP contribution in [0.3, 0.4) is 0 Å². The number of nitrogens with two attached hydrogens (primary N) is 1. The highest BCUT2D eigenvalue weighted by Crippen LogP contribution is 2.28. The van der Waals surface area contributed by atoms with Gasteiger partial charge in [0.05, 0.1) is 27.7 Å². The lowest BCUT2D eigenvalue weighted by Gasteiger charge is -2.17. The number of rotatable bonds is 7. The third-order valence-corrected chi connectivity index (χ3v) is 4.95. The van der Waals surface area contributed by atoms with E-state index in [-0.39, 0.29) is 5.56 Å². The molecule has 0 spiro atoms.